The normalized spacial score (nSPS) is 14.5. The molecule has 0 aliphatic carbocycles. The summed E-state index contributed by atoms with van der Waals surface area (Å²) < 4.78 is 0. The molecule has 0 saturated heterocycles. The van der Waals surface area contributed by atoms with Gasteiger partial charge in [-0.25, -0.2) is 4.79 Å². The van der Waals surface area contributed by atoms with Gasteiger partial charge in [0.05, 0.1) is 13.2 Å². The number of carbonyl (C=O) groups is 4. The van der Waals surface area contributed by atoms with Gasteiger partial charge in [0, 0.05) is 6.42 Å². The summed E-state index contributed by atoms with van der Waals surface area (Å²) in [7, 11) is 0. The number of carboxylic acid groups (broad SMARTS) is 1. The molecule has 1 aromatic carbocycles. The standard InChI is InChI=1S/C20H30N4O7S/c1-32-8-7-14(18(28)24-16(11-26)20(30)31)22-19(29)15(23-17(27)13(21)10-25)9-12-5-3-2-4-6-12/h2-6,13-16,25-26H,7-11,21H2,1H3,(H,22,29)(H,23,27)(H,24,28)(H,30,31). The SMILES string of the molecule is CSCCC(NC(=O)C(Cc1ccccc1)NC(=O)C(N)CO)C(=O)NC(CO)C(=O)O. The van der Waals surface area contributed by atoms with Crippen LogP contribution in [0.15, 0.2) is 30.3 Å². The Morgan fingerprint density at radius 3 is 2.00 bits per heavy atom. The maximum Gasteiger partial charge on any atom is 0.328 e. The third-order valence-corrected chi connectivity index (χ3v) is 5.13. The Morgan fingerprint density at radius 1 is 0.906 bits per heavy atom. The average molecular weight is 471 g/mol. The van der Waals surface area contributed by atoms with E-state index in [1.165, 1.54) is 11.8 Å². The lowest BCUT2D eigenvalue weighted by atomic mass is 10.0. The lowest BCUT2D eigenvalue weighted by Crippen LogP contribution is -2.58. The van der Waals surface area contributed by atoms with Gasteiger partial charge in [0.15, 0.2) is 0 Å². The summed E-state index contributed by atoms with van der Waals surface area (Å²) >= 11 is 1.42. The van der Waals surface area contributed by atoms with Crippen LogP contribution < -0.4 is 21.7 Å². The number of aliphatic hydroxyl groups is 2. The smallest absolute Gasteiger partial charge is 0.328 e. The van der Waals surface area contributed by atoms with Gasteiger partial charge in [-0.1, -0.05) is 30.3 Å². The number of carboxylic acids is 1. The Labute approximate surface area is 190 Å². The van der Waals surface area contributed by atoms with Crippen molar-refractivity contribution in [3.63, 3.8) is 0 Å². The first kappa shape index (κ1) is 27.4. The number of thioether (sulfide) groups is 1. The average Bonchev–Trinajstić information content (AvgIpc) is 2.79. The molecule has 4 unspecified atom stereocenters. The summed E-state index contributed by atoms with van der Waals surface area (Å²) in [4.78, 5) is 48.8. The number of aliphatic hydroxyl groups excluding tert-OH is 2. The molecule has 0 aliphatic heterocycles. The largest absolute Gasteiger partial charge is 0.480 e. The van der Waals surface area contributed by atoms with Crippen LogP contribution in [0.25, 0.3) is 0 Å². The number of hydrogen-bond donors (Lipinski definition) is 7. The van der Waals surface area contributed by atoms with Crippen LogP contribution >= 0.6 is 11.8 Å². The number of rotatable bonds is 14. The molecule has 0 heterocycles. The molecule has 0 fully saturated rings. The molecule has 1 aromatic rings. The quantitative estimate of drug-likeness (QED) is 0.159. The number of aliphatic carboxylic acids is 1. The molecule has 0 spiro atoms. The minimum Gasteiger partial charge on any atom is -0.480 e. The molecule has 8 N–H and O–H groups in total. The van der Waals surface area contributed by atoms with E-state index in [0.29, 0.717) is 5.75 Å². The van der Waals surface area contributed by atoms with Gasteiger partial charge in [-0.2, -0.15) is 11.8 Å². The number of hydrogen-bond acceptors (Lipinski definition) is 8. The number of benzene rings is 1. The van der Waals surface area contributed by atoms with Crippen molar-refractivity contribution in [3.05, 3.63) is 35.9 Å². The highest BCUT2D eigenvalue weighted by atomic mass is 32.2. The molecule has 0 aliphatic rings. The Morgan fingerprint density at radius 2 is 1.47 bits per heavy atom. The molecule has 178 valence electrons. The highest BCUT2D eigenvalue weighted by molar-refractivity contribution is 7.98. The molecule has 4 atom stereocenters. The predicted octanol–water partition coefficient (Wildman–Crippen LogP) is -2.17. The molecule has 0 saturated carbocycles. The lowest BCUT2D eigenvalue weighted by molar-refractivity contribution is -0.143. The molecule has 1 rings (SSSR count). The number of amides is 3. The Balaban J connectivity index is 3.02. The molecule has 11 nitrogen and oxygen atoms in total. The van der Waals surface area contributed by atoms with Gasteiger partial charge < -0.3 is 37.0 Å². The summed E-state index contributed by atoms with van der Waals surface area (Å²) in [5.41, 5.74) is 6.27. The third kappa shape index (κ3) is 9.22. The number of carbonyl (C=O) groups excluding carboxylic acids is 3. The zero-order valence-corrected chi connectivity index (χ0v) is 18.5. The second-order valence-corrected chi connectivity index (χ2v) is 7.95. The summed E-state index contributed by atoms with van der Waals surface area (Å²) in [5, 5.41) is 34.5. The van der Waals surface area contributed by atoms with Gasteiger partial charge in [-0.3, -0.25) is 14.4 Å². The van der Waals surface area contributed by atoms with Crippen molar-refractivity contribution >= 4 is 35.5 Å². The van der Waals surface area contributed by atoms with Crippen molar-refractivity contribution in [2.75, 3.05) is 25.2 Å². The van der Waals surface area contributed by atoms with E-state index in [-0.39, 0.29) is 12.8 Å². The number of nitrogens with two attached hydrogens (primary N) is 1. The maximum atomic E-state index is 13.0. The molecule has 12 heteroatoms. The van der Waals surface area contributed by atoms with Crippen LogP contribution in [-0.4, -0.2) is 88.4 Å². The van der Waals surface area contributed by atoms with Gasteiger partial charge in [-0.05, 0) is 24.0 Å². The van der Waals surface area contributed by atoms with Crippen LogP contribution in [0.5, 0.6) is 0 Å². The highest BCUT2D eigenvalue weighted by Gasteiger charge is 2.30. The second kappa shape index (κ2) is 14.4. The van der Waals surface area contributed by atoms with Crippen molar-refractivity contribution in [2.24, 2.45) is 5.73 Å². The summed E-state index contributed by atoms with van der Waals surface area (Å²) in [6, 6.07) is 3.91. The van der Waals surface area contributed by atoms with Crippen LogP contribution in [0.4, 0.5) is 0 Å². The Bertz CT molecular complexity index is 766. The van der Waals surface area contributed by atoms with Crippen molar-refractivity contribution in [1.82, 2.24) is 16.0 Å². The molecule has 0 bridgehead atoms. The van der Waals surface area contributed by atoms with Crippen LogP contribution in [0, 0.1) is 0 Å². The van der Waals surface area contributed by atoms with E-state index < -0.39 is 61.1 Å². The summed E-state index contributed by atoms with van der Waals surface area (Å²) in [6.07, 6.45) is 2.10. The van der Waals surface area contributed by atoms with Gasteiger partial charge in [-0.15, -0.1) is 0 Å². The fourth-order valence-corrected chi connectivity index (χ4v) is 3.13. The topological polar surface area (TPSA) is 191 Å². The van der Waals surface area contributed by atoms with E-state index in [0.717, 1.165) is 5.56 Å². The Kier molecular flexibility index (Phi) is 12.3. The molecular weight excluding hydrogens is 440 g/mol. The molecular formula is C20H30N4O7S. The highest BCUT2D eigenvalue weighted by Crippen LogP contribution is 2.07. The fraction of sp³-hybridized carbons (Fsp3) is 0.500. The van der Waals surface area contributed by atoms with E-state index in [1.54, 1.807) is 36.6 Å². The van der Waals surface area contributed by atoms with Gasteiger partial charge in [0.2, 0.25) is 17.7 Å². The first-order chi connectivity index (χ1) is 15.2. The van der Waals surface area contributed by atoms with E-state index >= 15 is 0 Å². The predicted molar refractivity (Wildman–Crippen MR) is 119 cm³/mol. The monoisotopic (exact) mass is 470 g/mol. The minimum atomic E-state index is -1.52. The Hall–Kier alpha value is -2.67. The van der Waals surface area contributed by atoms with E-state index in [4.69, 9.17) is 21.1 Å². The zero-order valence-electron chi connectivity index (χ0n) is 17.7. The van der Waals surface area contributed by atoms with Gasteiger partial charge in [0.25, 0.3) is 0 Å². The zero-order chi connectivity index (χ0) is 24.1. The van der Waals surface area contributed by atoms with Crippen molar-refractivity contribution in [1.29, 1.82) is 0 Å². The maximum absolute atomic E-state index is 13.0. The van der Waals surface area contributed by atoms with Crippen LogP contribution in [0.2, 0.25) is 0 Å². The van der Waals surface area contributed by atoms with Gasteiger partial charge >= 0.3 is 5.97 Å². The number of nitrogens with one attached hydrogen (secondary N) is 3. The van der Waals surface area contributed by atoms with Gasteiger partial charge in [0.1, 0.15) is 24.2 Å². The van der Waals surface area contributed by atoms with Crippen molar-refractivity contribution < 1.29 is 34.5 Å². The van der Waals surface area contributed by atoms with Crippen LogP contribution in [-0.2, 0) is 25.6 Å². The second-order valence-electron chi connectivity index (χ2n) is 6.96. The van der Waals surface area contributed by atoms with E-state index in [1.807, 2.05) is 0 Å². The first-order valence-electron chi connectivity index (χ1n) is 9.87. The molecule has 3 amide bonds. The minimum absolute atomic E-state index is 0.0990. The van der Waals surface area contributed by atoms with E-state index in [9.17, 15) is 19.2 Å². The molecule has 32 heavy (non-hydrogen) atoms. The van der Waals surface area contributed by atoms with E-state index in [2.05, 4.69) is 16.0 Å². The summed E-state index contributed by atoms with van der Waals surface area (Å²) in [5.74, 6) is -3.11. The third-order valence-electron chi connectivity index (χ3n) is 4.49. The summed E-state index contributed by atoms with van der Waals surface area (Å²) in [6.45, 7) is -1.42. The van der Waals surface area contributed by atoms with Crippen molar-refractivity contribution in [2.45, 2.75) is 37.0 Å². The molecule has 0 aromatic heterocycles. The lowest BCUT2D eigenvalue weighted by Gasteiger charge is -2.25. The first-order valence-corrected chi connectivity index (χ1v) is 11.3. The fourth-order valence-electron chi connectivity index (χ4n) is 2.66. The van der Waals surface area contributed by atoms with Crippen LogP contribution in [0.1, 0.15) is 12.0 Å². The van der Waals surface area contributed by atoms with Crippen LogP contribution in [0.3, 0.4) is 0 Å². The molecule has 0 radical (unpaired) electrons. The van der Waals surface area contributed by atoms with Crippen molar-refractivity contribution in [3.8, 4) is 0 Å².